The van der Waals surface area contributed by atoms with Crippen LogP contribution < -0.4 is 10.6 Å². The minimum Gasteiger partial charge on any atom is -0.351 e. The molecule has 0 aromatic carbocycles. The molecule has 17 heavy (non-hydrogen) atoms. The molecule has 104 valence electrons. The molecule has 1 heterocycles. The molecule has 0 aromatic rings. The van der Waals surface area contributed by atoms with Gasteiger partial charge in [-0.2, -0.15) is 0 Å². The van der Waals surface area contributed by atoms with Crippen LogP contribution in [0, 0.1) is 0 Å². The highest BCUT2D eigenvalue weighted by molar-refractivity contribution is 5.85. The molecule has 2 N–H and O–H groups in total. The maximum atomic E-state index is 11.6. The lowest BCUT2D eigenvalue weighted by Gasteiger charge is -2.26. The summed E-state index contributed by atoms with van der Waals surface area (Å²) in [4.78, 5) is 13.7. The molecule has 1 aliphatic rings. The average Bonchev–Trinajstić information content (AvgIpc) is 2.18. The Morgan fingerprint density at radius 1 is 1.47 bits per heavy atom. The maximum absolute atomic E-state index is 11.6. The predicted molar refractivity (Wildman–Crippen MR) is 76.3 cm³/mol. The van der Waals surface area contributed by atoms with Crippen molar-refractivity contribution in [1.82, 2.24) is 15.5 Å². The van der Waals surface area contributed by atoms with E-state index in [4.69, 9.17) is 0 Å². The van der Waals surface area contributed by atoms with Crippen molar-refractivity contribution in [2.45, 2.75) is 38.8 Å². The molecule has 1 amide bonds. The summed E-state index contributed by atoms with van der Waals surface area (Å²) < 4.78 is 0. The van der Waals surface area contributed by atoms with Gasteiger partial charge in [-0.3, -0.25) is 9.69 Å². The fraction of sp³-hybridized carbons (Fsp3) is 0.909. The Hall–Kier alpha value is -0.0300. The number of carbonyl (C=O) groups is 1. The number of rotatable bonds is 4. The van der Waals surface area contributed by atoms with Crippen LogP contribution in [0.1, 0.15) is 26.7 Å². The Labute approximate surface area is 117 Å². The second-order valence-electron chi connectivity index (χ2n) is 4.62. The van der Waals surface area contributed by atoms with Gasteiger partial charge in [-0.15, -0.1) is 24.8 Å². The van der Waals surface area contributed by atoms with E-state index in [0.717, 1.165) is 25.9 Å². The Bertz CT molecular complexity index is 209. The molecule has 1 atom stereocenters. The van der Waals surface area contributed by atoms with Crippen LogP contribution in [0.5, 0.6) is 0 Å². The Morgan fingerprint density at radius 3 is 2.59 bits per heavy atom. The summed E-state index contributed by atoms with van der Waals surface area (Å²) in [5.74, 6) is 0.139. The van der Waals surface area contributed by atoms with Gasteiger partial charge in [0, 0.05) is 18.6 Å². The van der Waals surface area contributed by atoms with Crippen molar-refractivity contribution in [2.24, 2.45) is 0 Å². The van der Waals surface area contributed by atoms with E-state index in [9.17, 15) is 4.79 Å². The van der Waals surface area contributed by atoms with Gasteiger partial charge in [-0.25, -0.2) is 0 Å². The molecule has 1 unspecified atom stereocenters. The van der Waals surface area contributed by atoms with Gasteiger partial charge in [-0.1, -0.05) is 0 Å². The summed E-state index contributed by atoms with van der Waals surface area (Å²) in [6, 6.07) is 0.743. The van der Waals surface area contributed by atoms with Crippen LogP contribution in [0.2, 0.25) is 0 Å². The summed E-state index contributed by atoms with van der Waals surface area (Å²) in [6.45, 7) is 6.68. The number of nitrogens with one attached hydrogen (secondary N) is 2. The zero-order chi connectivity index (χ0) is 11.3. The van der Waals surface area contributed by atoms with Crippen molar-refractivity contribution in [3.8, 4) is 0 Å². The minimum atomic E-state index is 0. The highest BCUT2D eigenvalue weighted by Crippen LogP contribution is 2.01. The molecule has 0 saturated carbocycles. The fourth-order valence-electron chi connectivity index (χ4n) is 1.66. The van der Waals surface area contributed by atoms with Crippen molar-refractivity contribution in [1.29, 1.82) is 0 Å². The van der Waals surface area contributed by atoms with Crippen molar-refractivity contribution in [2.75, 3.05) is 26.7 Å². The molecular formula is C11H25Cl2N3O. The number of carbonyl (C=O) groups excluding carboxylic acids is 1. The van der Waals surface area contributed by atoms with E-state index in [2.05, 4.69) is 24.5 Å². The fourth-order valence-corrected chi connectivity index (χ4v) is 1.66. The molecule has 0 aromatic heterocycles. The predicted octanol–water partition coefficient (Wildman–Crippen LogP) is 1.04. The van der Waals surface area contributed by atoms with Gasteiger partial charge in [0.05, 0.1) is 6.54 Å². The van der Waals surface area contributed by atoms with Gasteiger partial charge in [0.25, 0.3) is 0 Å². The lowest BCUT2D eigenvalue weighted by molar-refractivity contribution is -0.123. The molecule has 1 saturated heterocycles. The summed E-state index contributed by atoms with van der Waals surface area (Å²) in [5, 5.41) is 6.35. The normalized spacial score (nSPS) is 19.5. The average molecular weight is 286 g/mol. The number of likely N-dealkylation sites (N-methyl/N-ethyl adjacent to an activating group) is 1. The van der Waals surface area contributed by atoms with Crippen LogP contribution in [0.25, 0.3) is 0 Å². The Balaban J connectivity index is 0. The molecular weight excluding hydrogens is 261 g/mol. The van der Waals surface area contributed by atoms with Crippen LogP contribution in [-0.4, -0.2) is 49.6 Å². The first-order valence-corrected chi connectivity index (χ1v) is 5.80. The lowest BCUT2D eigenvalue weighted by atomic mass is 10.1. The Kier molecular flexibility index (Phi) is 11.3. The third kappa shape index (κ3) is 7.82. The van der Waals surface area contributed by atoms with E-state index in [-0.39, 0.29) is 30.7 Å². The van der Waals surface area contributed by atoms with Crippen LogP contribution in [-0.2, 0) is 4.79 Å². The highest BCUT2D eigenvalue weighted by atomic mass is 35.5. The number of nitrogens with zero attached hydrogens (tertiary/aromatic N) is 1. The van der Waals surface area contributed by atoms with E-state index in [1.807, 2.05) is 11.9 Å². The molecule has 0 bridgehead atoms. The maximum Gasteiger partial charge on any atom is 0.234 e. The number of hydrogen-bond acceptors (Lipinski definition) is 3. The van der Waals surface area contributed by atoms with Gasteiger partial charge < -0.3 is 10.6 Å². The highest BCUT2D eigenvalue weighted by Gasteiger charge is 2.16. The van der Waals surface area contributed by atoms with Crippen molar-refractivity contribution in [3.05, 3.63) is 0 Å². The number of hydrogen-bond donors (Lipinski definition) is 2. The second kappa shape index (κ2) is 9.95. The molecule has 1 rings (SSSR count). The molecule has 4 nitrogen and oxygen atoms in total. The molecule has 1 aliphatic heterocycles. The number of amides is 1. The lowest BCUT2D eigenvalue weighted by Crippen LogP contribution is -2.48. The van der Waals surface area contributed by atoms with Gasteiger partial charge in [0.2, 0.25) is 5.91 Å². The van der Waals surface area contributed by atoms with E-state index >= 15 is 0 Å². The van der Waals surface area contributed by atoms with Gasteiger partial charge >= 0.3 is 0 Å². The molecule has 6 heteroatoms. The minimum absolute atomic E-state index is 0. The summed E-state index contributed by atoms with van der Waals surface area (Å²) in [7, 11) is 1.98. The smallest absolute Gasteiger partial charge is 0.234 e. The summed E-state index contributed by atoms with van der Waals surface area (Å²) in [5.41, 5.74) is 0. The second-order valence-corrected chi connectivity index (χ2v) is 4.62. The third-order valence-electron chi connectivity index (χ3n) is 2.94. The largest absolute Gasteiger partial charge is 0.351 e. The standard InChI is InChI=1S/C11H23N3O.2ClH/c1-9(2)14(3)8-11(15)13-10-5-4-6-12-7-10;;/h9-10,12H,4-8H2,1-3H3,(H,13,15);2*1H. The molecule has 0 radical (unpaired) electrons. The zero-order valence-corrected chi connectivity index (χ0v) is 12.5. The first-order valence-electron chi connectivity index (χ1n) is 5.80. The van der Waals surface area contributed by atoms with Crippen molar-refractivity contribution in [3.63, 3.8) is 0 Å². The summed E-state index contributed by atoms with van der Waals surface area (Å²) in [6.07, 6.45) is 2.26. The van der Waals surface area contributed by atoms with Gasteiger partial charge in [-0.05, 0) is 40.3 Å². The number of piperidine rings is 1. The molecule has 0 aliphatic carbocycles. The topological polar surface area (TPSA) is 44.4 Å². The summed E-state index contributed by atoms with van der Waals surface area (Å²) >= 11 is 0. The molecule has 0 spiro atoms. The van der Waals surface area contributed by atoms with E-state index in [1.54, 1.807) is 0 Å². The zero-order valence-electron chi connectivity index (χ0n) is 10.9. The quantitative estimate of drug-likeness (QED) is 0.811. The monoisotopic (exact) mass is 285 g/mol. The SMILES string of the molecule is CC(C)N(C)CC(=O)NC1CCCNC1.Cl.Cl. The third-order valence-corrected chi connectivity index (χ3v) is 2.94. The van der Waals surface area contributed by atoms with Crippen molar-refractivity contribution < 1.29 is 4.79 Å². The number of halogens is 2. The van der Waals surface area contributed by atoms with Crippen LogP contribution >= 0.6 is 24.8 Å². The van der Waals surface area contributed by atoms with E-state index in [0.29, 0.717) is 18.6 Å². The van der Waals surface area contributed by atoms with Gasteiger partial charge in [0.1, 0.15) is 0 Å². The first-order chi connectivity index (χ1) is 7.09. The Morgan fingerprint density at radius 2 is 2.12 bits per heavy atom. The van der Waals surface area contributed by atoms with E-state index in [1.165, 1.54) is 0 Å². The van der Waals surface area contributed by atoms with Crippen molar-refractivity contribution >= 4 is 30.7 Å². The van der Waals surface area contributed by atoms with Crippen LogP contribution in [0.3, 0.4) is 0 Å². The molecule has 1 fully saturated rings. The van der Waals surface area contributed by atoms with Crippen LogP contribution in [0.4, 0.5) is 0 Å². The van der Waals surface area contributed by atoms with E-state index < -0.39 is 0 Å². The van der Waals surface area contributed by atoms with Gasteiger partial charge in [0.15, 0.2) is 0 Å². The first kappa shape index (κ1) is 19.3. The van der Waals surface area contributed by atoms with Crippen LogP contribution in [0.15, 0.2) is 0 Å².